The highest BCUT2D eigenvalue weighted by Crippen LogP contribution is 2.33. The van der Waals surface area contributed by atoms with Gasteiger partial charge in [0.25, 0.3) is 0 Å². The van der Waals surface area contributed by atoms with Gasteiger partial charge in [-0.15, -0.1) is 0 Å². The van der Waals surface area contributed by atoms with E-state index in [0.29, 0.717) is 17.2 Å². The molecule has 1 atom stereocenters. The fourth-order valence-electron chi connectivity index (χ4n) is 2.56. The number of urea groups is 1. The molecule has 3 N–H and O–H groups in total. The van der Waals surface area contributed by atoms with Crippen molar-refractivity contribution in [3.05, 3.63) is 64.7 Å². The van der Waals surface area contributed by atoms with E-state index in [4.69, 9.17) is 21.4 Å². The highest BCUT2D eigenvalue weighted by atomic mass is 35.5. The Labute approximate surface area is 157 Å². The van der Waals surface area contributed by atoms with Crippen LogP contribution in [0.2, 0.25) is 5.02 Å². The van der Waals surface area contributed by atoms with Gasteiger partial charge >= 0.3 is 12.0 Å². The number of rotatable bonds is 8. The average Bonchev–Trinajstić information content (AvgIpc) is 2.64. The van der Waals surface area contributed by atoms with Crippen LogP contribution in [0.5, 0.6) is 5.75 Å². The van der Waals surface area contributed by atoms with Gasteiger partial charge < -0.3 is 20.5 Å². The second-order valence-electron chi connectivity index (χ2n) is 5.59. The Bertz CT molecular complexity index is 767. The SMILES string of the molecule is COc1ccccc1C(NC(=O)NCCCC(=O)O)c1ccccc1Cl. The van der Waals surface area contributed by atoms with Gasteiger partial charge in [0.1, 0.15) is 5.75 Å². The molecule has 0 aliphatic heterocycles. The van der Waals surface area contributed by atoms with Crippen molar-refractivity contribution in [2.24, 2.45) is 0 Å². The molecule has 0 aliphatic rings. The lowest BCUT2D eigenvalue weighted by atomic mass is 9.98. The third kappa shape index (κ3) is 5.39. The fraction of sp³-hybridized carbons (Fsp3) is 0.263. The number of ether oxygens (including phenoxy) is 1. The van der Waals surface area contributed by atoms with Crippen LogP contribution < -0.4 is 15.4 Å². The predicted octanol–water partition coefficient (Wildman–Crippen LogP) is 3.60. The Kier molecular flexibility index (Phi) is 7.29. The zero-order valence-electron chi connectivity index (χ0n) is 14.4. The third-order valence-corrected chi connectivity index (χ3v) is 4.14. The number of amides is 2. The quantitative estimate of drug-likeness (QED) is 0.614. The number of halogens is 1. The third-order valence-electron chi connectivity index (χ3n) is 3.79. The Balaban J connectivity index is 2.21. The van der Waals surface area contributed by atoms with Crippen LogP contribution in [-0.4, -0.2) is 30.8 Å². The number of methoxy groups -OCH3 is 1. The van der Waals surface area contributed by atoms with Crippen LogP contribution >= 0.6 is 11.6 Å². The van der Waals surface area contributed by atoms with Crippen molar-refractivity contribution < 1.29 is 19.4 Å². The molecule has 2 rings (SSSR count). The van der Waals surface area contributed by atoms with Gasteiger partial charge in [-0.25, -0.2) is 4.79 Å². The molecule has 2 aromatic rings. The summed E-state index contributed by atoms with van der Waals surface area (Å²) in [6.45, 7) is 0.263. The number of hydrogen-bond acceptors (Lipinski definition) is 3. The molecule has 1 unspecified atom stereocenters. The normalized spacial score (nSPS) is 11.5. The number of aliphatic carboxylic acids is 1. The highest BCUT2D eigenvalue weighted by Gasteiger charge is 2.22. The number of para-hydroxylation sites is 1. The number of carboxylic acid groups (broad SMARTS) is 1. The first-order valence-electron chi connectivity index (χ1n) is 8.16. The molecule has 0 saturated carbocycles. The van der Waals surface area contributed by atoms with Crippen LogP contribution in [0.4, 0.5) is 4.79 Å². The van der Waals surface area contributed by atoms with Crippen molar-refractivity contribution in [2.75, 3.05) is 13.7 Å². The Hall–Kier alpha value is -2.73. The number of nitrogens with one attached hydrogen (secondary N) is 2. The van der Waals surface area contributed by atoms with E-state index in [1.807, 2.05) is 42.5 Å². The van der Waals surface area contributed by atoms with E-state index in [1.54, 1.807) is 13.2 Å². The summed E-state index contributed by atoms with van der Waals surface area (Å²) in [4.78, 5) is 22.8. The van der Waals surface area contributed by atoms with Gasteiger partial charge in [-0.05, 0) is 24.1 Å². The van der Waals surface area contributed by atoms with Gasteiger partial charge in [0.2, 0.25) is 0 Å². The van der Waals surface area contributed by atoms with E-state index in [2.05, 4.69) is 10.6 Å². The first-order chi connectivity index (χ1) is 12.5. The lowest BCUT2D eigenvalue weighted by molar-refractivity contribution is -0.137. The lowest BCUT2D eigenvalue weighted by Gasteiger charge is -2.23. The summed E-state index contributed by atoms with van der Waals surface area (Å²) in [6, 6.07) is 13.7. The smallest absolute Gasteiger partial charge is 0.315 e. The zero-order chi connectivity index (χ0) is 18.9. The second-order valence-corrected chi connectivity index (χ2v) is 6.00. The number of benzene rings is 2. The first-order valence-corrected chi connectivity index (χ1v) is 8.54. The summed E-state index contributed by atoms with van der Waals surface area (Å²) in [5.74, 6) is -0.265. The number of carbonyl (C=O) groups excluding carboxylic acids is 1. The van der Waals surface area contributed by atoms with Crippen LogP contribution in [0, 0.1) is 0 Å². The summed E-state index contributed by atoms with van der Waals surface area (Å²) in [5.41, 5.74) is 1.50. The van der Waals surface area contributed by atoms with E-state index < -0.39 is 18.0 Å². The lowest BCUT2D eigenvalue weighted by Crippen LogP contribution is -2.39. The minimum atomic E-state index is -0.893. The molecule has 0 spiro atoms. The monoisotopic (exact) mass is 376 g/mol. The maximum Gasteiger partial charge on any atom is 0.315 e. The molecule has 138 valence electrons. The maximum atomic E-state index is 12.3. The summed E-state index contributed by atoms with van der Waals surface area (Å²) in [5, 5.41) is 14.7. The van der Waals surface area contributed by atoms with E-state index in [1.165, 1.54) is 0 Å². The van der Waals surface area contributed by atoms with Gasteiger partial charge in [-0.3, -0.25) is 4.79 Å². The van der Waals surface area contributed by atoms with Gasteiger partial charge in [0.05, 0.1) is 13.2 Å². The van der Waals surface area contributed by atoms with Crippen LogP contribution in [0.3, 0.4) is 0 Å². The minimum absolute atomic E-state index is 0.000724. The van der Waals surface area contributed by atoms with E-state index >= 15 is 0 Å². The van der Waals surface area contributed by atoms with E-state index in [9.17, 15) is 9.59 Å². The van der Waals surface area contributed by atoms with Gasteiger partial charge in [0.15, 0.2) is 0 Å². The van der Waals surface area contributed by atoms with E-state index in [-0.39, 0.29) is 13.0 Å². The number of carboxylic acids is 1. The van der Waals surface area contributed by atoms with Crippen molar-refractivity contribution in [2.45, 2.75) is 18.9 Å². The largest absolute Gasteiger partial charge is 0.496 e. The average molecular weight is 377 g/mol. The summed E-state index contributed by atoms with van der Waals surface area (Å²) < 4.78 is 5.41. The topological polar surface area (TPSA) is 87.7 Å². The summed E-state index contributed by atoms with van der Waals surface area (Å²) >= 11 is 6.33. The van der Waals surface area contributed by atoms with Gasteiger partial charge in [0, 0.05) is 23.6 Å². The Morgan fingerprint density at radius 3 is 2.42 bits per heavy atom. The molecule has 0 bridgehead atoms. The fourth-order valence-corrected chi connectivity index (χ4v) is 2.81. The zero-order valence-corrected chi connectivity index (χ0v) is 15.1. The standard InChI is InChI=1S/C19H21ClN2O4/c1-26-16-10-5-3-8-14(16)18(13-7-2-4-9-15(13)20)22-19(25)21-12-6-11-17(23)24/h2-5,7-10,18H,6,11-12H2,1H3,(H,23,24)(H2,21,22,25). The molecule has 2 aromatic carbocycles. The van der Waals surface area contributed by atoms with Crippen LogP contribution in [0.15, 0.2) is 48.5 Å². The molecule has 0 radical (unpaired) electrons. The molecular weight excluding hydrogens is 356 g/mol. The number of carbonyl (C=O) groups is 2. The van der Waals surface area contributed by atoms with Crippen molar-refractivity contribution in [1.29, 1.82) is 0 Å². The van der Waals surface area contributed by atoms with Gasteiger partial charge in [-0.2, -0.15) is 0 Å². The maximum absolute atomic E-state index is 12.3. The van der Waals surface area contributed by atoms with Crippen LogP contribution in [-0.2, 0) is 4.79 Å². The van der Waals surface area contributed by atoms with Gasteiger partial charge in [-0.1, -0.05) is 48.0 Å². The molecule has 0 aliphatic carbocycles. The molecule has 0 saturated heterocycles. The van der Waals surface area contributed by atoms with Crippen molar-refractivity contribution in [3.8, 4) is 5.75 Å². The van der Waals surface area contributed by atoms with Crippen LogP contribution in [0.25, 0.3) is 0 Å². The Morgan fingerprint density at radius 2 is 1.77 bits per heavy atom. The van der Waals surface area contributed by atoms with Crippen LogP contribution in [0.1, 0.15) is 30.0 Å². The molecular formula is C19H21ClN2O4. The molecule has 0 aromatic heterocycles. The highest BCUT2D eigenvalue weighted by molar-refractivity contribution is 6.31. The number of hydrogen-bond donors (Lipinski definition) is 3. The van der Waals surface area contributed by atoms with Crippen molar-refractivity contribution in [1.82, 2.24) is 10.6 Å². The summed E-state index contributed by atoms with van der Waals surface area (Å²) in [6.07, 6.45) is 0.356. The van der Waals surface area contributed by atoms with Crippen molar-refractivity contribution in [3.63, 3.8) is 0 Å². The van der Waals surface area contributed by atoms with E-state index in [0.717, 1.165) is 11.1 Å². The molecule has 2 amide bonds. The first kappa shape index (κ1) is 19.6. The molecule has 0 fully saturated rings. The van der Waals surface area contributed by atoms with Crippen molar-refractivity contribution >= 4 is 23.6 Å². The molecule has 0 heterocycles. The Morgan fingerprint density at radius 1 is 1.12 bits per heavy atom. The molecule has 6 nitrogen and oxygen atoms in total. The summed E-state index contributed by atoms with van der Waals surface area (Å²) in [7, 11) is 1.56. The second kappa shape index (κ2) is 9.68. The molecule has 26 heavy (non-hydrogen) atoms. The predicted molar refractivity (Wildman–Crippen MR) is 99.7 cm³/mol. The molecule has 7 heteroatoms. The minimum Gasteiger partial charge on any atom is -0.496 e.